The maximum Gasteiger partial charge on any atom is 0.133 e. The van der Waals surface area contributed by atoms with Crippen LogP contribution in [0.1, 0.15) is 19.4 Å². The van der Waals surface area contributed by atoms with Gasteiger partial charge in [-0.2, -0.15) is 0 Å². The molecule has 4 nitrogen and oxygen atoms in total. The molecule has 0 amide bonds. The topological polar surface area (TPSA) is 31.4 Å². The fourth-order valence-electron chi connectivity index (χ4n) is 2.39. The first-order valence-corrected chi connectivity index (χ1v) is 7.71. The summed E-state index contributed by atoms with van der Waals surface area (Å²) in [7, 11) is 2.19. The fraction of sp³-hybridized carbons (Fsp3) is 0.643. The van der Waals surface area contributed by atoms with Crippen LogP contribution in [0.15, 0.2) is 16.7 Å². The summed E-state index contributed by atoms with van der Waals surface area (Å²) in [6, 6.07) is 2.75. The molecular weight excluding hydrogens is 304 g/mol. The number of pyridine rings is 1. The molecule has 0 radical (unpaired) electrons. The third kappa shape index (κ3) is 3.68. The Bertz CT molecular complexity index is 424. The standard InChI is InChI=1S/C14H23BrN4/c1-4-16-8-12-7-13(15)9-17-14(12)19-6-5-18(3)11(2)10-19/h7,9,11,16H,4-6,8,10H2,1-3H3. The summed E-state index contributed by atoms with van der Waals surface area (Å²) in [4.78, 5) is 9.44. The molecule has 1 aromatic heterocycles. The number of aromatic nitrogens is 1. The summed E-state index contributed by atoms with van der Waals surface area (Å²) in [5.74, 6) is 1.13. The van der Waals surface area contributed by atoms with E-state index in [1.165, 1.54) is 5.56 Å². The normalized spacial score (nSPS) is 20.8. The lowest BCUT2D eigenvalue weighted by Crippen LogP contribution is -2.50. The molecule has 1 atom stereocenters. The molecule has 1 saturated heterocycles. The second-order valence-corrected chi connectivity index (χ2v) is 6.11. The van der Waals surface area contributed by atoms with Crippen LogP contribution < -0.4 is 10.2 Å². The number of nitrogens with one attached hydrogen (secondary N) is 1. The number of likely N-dealkylation sites (N-methyl/N-ethyl adjacent to an activating group) is 1. The number of piperazine rings is 1. The Kier molecular flexibility index (Phi) is 5.19. The highest BCUT2D eigenvalue weighted by Gasteiger charge is 2.23. The Balaban J connectivity index is 2.18. The van der Waals surface area contributed by atoms with Crippen LogP contribution in [0.25, 0.3) is 0 Å². The van der Waals surface area contributed by atoms with Crippen molar-refractivity contribution in [2.45, 2.75) is 26.4 Å². The Labute approximate surface area is 124 Å². The first kappa shape index (κ1) is 14.8. The average Bonchev–Trinajstić information content (AvgIpc) is 2.40. The lowest BCUT2D eigenvalue weighted by atomic mass is 10.1. The molecule has 1 fully saturated rings. The van der Waals surface area contributed by atoms with Crippen LogP contribution >= 0.6 is 15.9 Å². The molecule has 1 aliphatic rings. The fourth-order valence-corrected chi connectivity index (χ4v) is 2.77. The Morgan fingerprint density at radius 2 is 2.26 bits per heavy atom. The van der Waals surface area contributed by atoms with Gasteiger partial charge in [0, 0.05) is 48.5 Å². The maximum absolute atomic E-state index is 4.63. The van der Waals surface area contributed by atoms with Gasteiger partial charge in [-0.25, -0.2) is 4.98 Å². The van der Waals surface area contributed by atoms with Crippen LogP contribution in [0.5, 0.6) is 0 Å². The molecule has 0 aromatic carbocycles. The summed E-state index contributed by atoms with van der Waals surface area (Å²) in [6.45, 7) is 9.44. The zero-order valence-corrected chi connectivity index (χ0v) is 13.6. The highest BCUT2D eigenvalue weighted by Crippen LogP contribution is 2.23. The van der Waals surface area contributed by atoms with Crippen LogP contribution in [-0.4, -0.2) is 49.2 Å². The van der Waals surface area contributed by atoms with Crippen LogP contribution in [0, 0.1) is 0 Å². The number of anilines is 1. The third-order valence-electron chi connectivity index (χ3n) is 3.73. The molecule has 0 bridgehead atoms. The molecule has 0 saturated carbocycles. The average molecular weight is 327 g/mol. The van der Waals surface area contributed by atoms with Crippen molar-refractivity contribution in [3.63, 3.8) is 0 Å². The number of rotatable bonds is 4. The van der Waals surface area contributed by atoms with Gasteiger partial charge in [-0.3, -0.25) is 0 Å². The van der Waals surface area contributed by atoms with E-state index in [0.29, 0.717) is 6.04 Å². The van der Waals surface area contributed by atoms with E-state index in [1.807, 2.05) is 6.20 Å². The van der Waals surface area contributed by atoms with Crippen molar-refractivity contribution in [2.24, 2.45) is 0 Å². The number of nitrogens with zero attached hydrogens (tertiary/aromatic N) is 3. The van der Waals surface area contributed by atoms with Gasteiger partial charge in [-0.05, 0) is 42.5 Å². The lowest BCUT2D eigenvalue weighted by Gasteiger charge is -2.39. The van der Waals surface area contributed by atoms with Crippen molar-refractivity contribution in [3.8, 4) is 0 Å². The molecule has 1 aliphatic heterocycles. The molecule has 106 valence electrons. The summed E-state index contributed by atoms with van der Waals surface area (Å²) in [5.41, 5.74) is 1.27. The zero-order chi connectivity index (χ0) is 13.8. The van der Waals surface area contributed by atoms with Crippen molar-refractivity contribution in [3.05, 3.63) is 22.3 Å². The minimum absolute atomic E-state index is 0.575. The molecule has 0 spiro atoms. The number of hydrogen-bond acceptors (Lipinski definition) is 4. The largest absolute Gasteiger partial charge is 0.354 e. The first-order chi connectivity index (χ1) is 9.11. The summed E-state index contributed by atoms with van der Waals surface area (Å²) in [6.07, 6.45) is 1.90. The Hall–Kier alpha value is -0.650. The zero-order valence-electron chi connectivity index (χ0n) is 12.0. The summed E-state index contributed by atoms with van der Waals surface area (Å²) in [5, 5.41) is 3.39. The predicted octanol–water partition coefficient (Wildman–Crippen LogP) is 2.09. The van der Waals surface area contributed by atoms with E-state index in [4.69, 9.17) is 0 Å². The lowest BCUT2D eigenvalue weighted by molar-refractivity contribution is 0.233. The van der Waals surface area contributed by atoms with Gasteiger partial charge < -0.3 is 15.1 Å². The third-order valence-corrected chi connectivity index (χ3v) is 4.17. The van der Waals surface area contributed by atoms with Crippen molar-refractivity contribution < 1.29 is 0 Å². The van der Waals surface area contributed by atoms with Crippen LogP contribution in [0.3, 0.4) is 0 Å². The summed E-state index contributed by atoms with van der Waals surface area (Å²) < 4.78 is 1.05. The van der Waals surface area contributed by atoms with Crippen LogP contribution in [0.4, 0.5) is 5.82 Å². The smallest absolute Gasteiger partial charge is 0.133 e. The number of hydrogen-bond donors (Lipinski definition) is 1. The van der Waals surface area contributed by atoms with Crippen molar-refractivity contribution in [1.82, 2.24) is 15.2 Å². The molecule has 2 rings (SSSR count). The predicted molar refractivity (Wildman–Crippen MR) is 83.6 cm³/mol. The molecule has 5 heteroatoms. The Morgan fingerprint density at radius 3 is 2.95 bits per heavy atom. The van der Waals surface area contributed by atoms with Crippen molar-refractivity contribution in [2.75, 3.05) is 38.1 Å². The van der Waals surface area contributed by atoms with Gasteiger partial charge in [-0.15, -0.1) is 0 Å². The van der Waals surface area contributed by atoms with Gasteiger partial charge in [0.2, 0.25) is 0 Å². The van der Waals surface area contributed by atoms with Gasteiger partial charge in [0.05, 0.1) is 0 Å². The molecule has 1 N–H and O–H groups in total. The molecule has 2 heterocycles. The quantitative estimate of drug-likeness (QED) is 0.918. The SMILES string of the molecule is CCNCc1cc(Br)cnc1N1CCN(C)C(C)C1. The first-order valence-electron chi connectivity index (χ1n) is 6.92. The van der Waals surface area contributed by atoms with Crippen molar-refractivity contribution >= 4 is 21.7 Å². The second-order valence-electron chi connectivity index (χ2n) is 5.19. The van der Waals surface area contributed by atoms with E-state index in [0.717, 1.165) is 43.0 Å². The van der Waals surface area contributed by atoms with Crippen LogP contribution in [0.2, 0.25) is 0 Å². The molecule has 0 aliphatic carbocycles. The van der Waals surface area contributed by atoms with Gasteiger partial charge in [-0.1, -0.05) is 6.92 Å². The van der Waals surface area contributed by atoms with Crippen molar-refractivity contribution in [1.29, 1.82) is 0 Å². The van der Waals surface area contributed by atoms with E-state index in [1.54, 1.807) is 0 Å². The highest BCUT2D eigenvalue weighted by molar-refractivity contribution is 9.10. The van der Waals surface area contributed by atoms with E-state index < -0.39 is 0 Å². The molecular formula is C14H23BrN4. The van der Waals surface area contributed by atoms with Gasteiger partial charge in [0.25, 0.3) is 0 Å². The minimum atomic E-state index is 0.575. The maximum atomic E-state index is 4.63. The van der Waals surface area contributed by atoms with E-state index in [9.17, 15) is 0 Å². The molecule has 19 heavy (non-hydrogen) atoms. The van der Waals surface area contributed by atoms with Gasteiger partial charge >= 0.3 is 0 Å². The van der Waals surface area contributed by atoms with E-state index in [2.05, 4.69) is 63.0 Å². The number of halogens is 1. The second kappa shape index (κ2) is 6.68. The molecule has 1 unspecified atom stereocenters. The van der Waals surface area contributed by atoms with Crippen LogP contribution in [-0.2, 0) is 6.54 Å². The van der Waals surface area contributed by atoms with E-state index >= 15 is 0 Å². The Morgan fingerprint density at radius 1 is 1.47 bits per heavy atom. The van der Waals surface area contributed by atoms with Gasteiger partial charge in [0.15, 0.2) is 0 Å². The monoisotopic (exact) mass is 326 g/mol. The van der Waals surface area contributed by atoms with E-state index in [-0.39, 0.29) is 0 Å². The molecule has 1 aromatic rings. The van der Waals surface area contributed by atoms with Gasteiger partial charge in [0.1, 0.15) is 5.82 Å². The summed E-state index contributed by atoms with van der Waals surface area (Å²) >= 11 is 3.52. The minimum Gasteiger partial charge on any atom is -0.354 e. The highest BCUT2D eigenvalue weighted by atomic mass is 79.9.